The van der Waals surface area contributed by atoms with E-state index >= 15 is 0 Å². The normalized spacial score (nSPS) is 15.3. The van der Waals surface area contributed by atoms with E-state index in [1.807, 2.05) is 64.6 Å². The van der Waals surface area contributed by atoms with Gasteiger partial charge >= 0.3 is 25.8 Å². The van der Waals surface area contributed by atoms with Crippen molar-refractivity contribution < 1.29 is 25.8 Å². The molecule has 0 radical (unpaired) electrons. The molecule has 5 rings (SSSR count). The van der Waals surface area contributed by atoms with E-state index in [9.17, 15) is 0 Å². The zero-order chi connectivity index (χ0) is 27.2. The fraction of sp³-hybridized carbons (Fsp3) is 0.324. The van der Waals surface area contributed by atoms with Crippen molar-refractivity contribution in [1.82, 2.24) is 0 Å². The largest absolute Gasteiger partial charge is 3.00 e. The topological polar surface area (TPSA) is 6.48 Å². The van der Waals surface area contributed by atoms with Gasteiger partial charge in [0.15, 0.2) is 0 Å². The molecule has 0 aromatic heterocycles. The minimum atomic E-state index is -1.17. The van der Waals surface area contributed by atoms with Gasteiger partial charge in [-0.15, -0.1) is 24.1 Å². The molecule has 1 unspecified atom stereocenters. The Morgan fingerprint density at radius 3 is 1.66 bits per heavy atom. The summed E-state index contributed by atoms with van der Waals surface area (Å²) in [5.74, 6) is 0. The molecule has 0 fully saturated rings. The monoisotopic (exact) mass is 554 g/mol. The number of anilines is 2. The Morgan fingerprint density at radius 1 is 0.737 bits per heavy atom. The summed E-state index contributed by atoms with van der Waals surface area (Å²) in [6.45, 7) is 15.3. The van der Waals surface area contributed by atoms with Gasteiger partial charge in [-0.05, 0) is 33.7 Å². The van der Waals surface area contributed by atoms with Gasteiger partial charge in [-0.1, -0.05) is 98.0 Å². The Balaban J connectivity index is 0.000000210. The molecule has 0 aliphatic heterocycles. The molecular weight excluding hydrogens is 509 g/mol. The van der Waals surface area contributed by atoms with E-state index in [1.165, 1.54) is 30.6 Å². The third-order valence-corrected chi connectivity index (χ3v) is 9.42. The van der Waals surface area contributed by atoms with Crippen molar-refractivity contribution >= 4 is 25.0 Å². The van der Waals surface area contributed by atoms with Crippen LogP contribution in [0.5, 0.6) is 0 Å². The van der Waals surface area contributed by atoms with Crippen molar-refractivity contribution in [3.8, 4) is 0 Å². The molecule has 0 heterocycles. The van der Waals surface area contributed by atoms with E-state index in [1.54, 1.807) is 22.3 Å². The molecule has 2 aliphatic carbocycles. The van der Waals surface area contributed by atoms with Crippen molar-refractivity contribution in [2.45, 2.75) is 44.4 Å². The quantitative estimate of drug-likeness (QED) is 0.236. The molecular formula is C34H45N2ScSi. The van der Waals surface area contributed by atoms with Crippen molar-refractivity contribution in [3.05, 3.63) is 121 Å². The summed E-state index contributed by atoms with van der Waals surface area (Å²) in [6.07, 6.45) is 6.45. The van der Waals surface area contributed by atoms with Crippen LogP contribution < -0.4 is 9.80 Å². The van der Waals surface area contributed by atoms with E-state index in [4.69, 9.17) is 0 Å². The van der Waals surface area contributed by atoms with Crippen LogP contribution in [0, 0.1) is 20.3 Å². The van der Waals surface area contributed by atoms with Gasteiger partial charge in [0, 0.05) is 0 Å². The molecule has 0 N–H and O–H groups in total. The van der Waals surface area contributed by atoms with Crippen LogP contribution in [0.3, 0.4) is 0 Å². The number of benzene rings is 3. The van der Waals surface area contributed by atoms with Gasteiger partial charge in [0.2, 0.25) is 0 Å². The van der Waals surface area contributed by atoms with Gasteiger partial charge in [-0.2, -0.15) is 42.7 Å². The van der Waals surface area contributed by atoms with Crippen LogP contribution in [0.15, 0.2) is 78.4 Å². The number of allylic oxidation sites excluding steroid dienone is 2. The molecule has 0 saturated carbocycles. The molecule has 2 nitrogen and oxygen atoms in total. The first-order chi connectivity index (χ1) is 17.5. The van der Waals surface area contributed by atoms with Crippen LogP contribution >= 0.6 is 0 Å². The second-order valence-corrected chi connectivity index (χ2v) is 16.8. The number of nitrogens with zero attached hydrogens (tertiary/aromatic N) is 2. The summed E-state index contributed by atoms with van der Waals surface area (Å²) in [6, 6.07) is 25.3. The molecule has 38 heavy (non-hydrogen) atoms. The predicted molar refractivity (Wildman–Crippen MR) is 168 cm³/mol. The molecule has 0 bridgehead atoms. The van der Waals surface area contributed by atoms with Gasteiger partial charge in [0.25, 0.3) is 0 Å². The maximum atomic E-state index is 3.90. The van der Waals surface area contributed by atoms with Crippen molar-refractivity contribution in [2.75, 3.05) is 38.0 Å². The fourth-order valence-corrected chi connectivity index (χ4v) is 7.81. The number of hydrogen-bond donors (Lipinski definition) is 0. The summed E-state index contributed by atoms with van der Waals surface area (Å²) in [5.41, 5.74) is 11.8. The summed E-state index contributed by atoms with van der Waals surface area (Å²) in [5, 5.41) is 0. The van der Waals surface area contributed by atoms with Gasteiger partial charge < -0.3 is 9.80 Å². The first-order valence-corrected chi connectivity index (χ1v) is 16.9. The standard InChI is InChI=1S/C16H21Si.2C9H12N.Sc/c1-17(2,3)16-14-10-6-4-8-12(14)13-9-5-7-11-15(13)16;2*1-8-6-4-5-7-9(8)10(2)3;/h4,6,8,10-11,16H,5,7,9H2,1-3H3;2*4-7H,1H2,2-3H3;/q3*-1;+3. The molecule has 1 atom stereocenters. The third kappa shape index (κ3) is 7.86. The minimum absolute atomic E-state index is 0. The second kappa shape index (κ2) is 14.2. The number of fused-ring (bicyclic) bond motifs is 2. The Kier molecular flexibility index (Phi) is 11.9. The molecule has 3 aromatic rings. The Bertz CT molecular complexity index is 1160. The van der Waals surface area contributed by atoms with Gasteiger partial charge in [0.05, 0.1) is 8.07 Å². The molecule has 0 saturated heterocycles. The van der Waals surface area contributed by atoms with Crippen molar-refractivity contribution in [2.24, 2.45) is 0 Å². The van der Waals surface area contributed by atoms with Crippen LogP contribution in [0.25, 0.3) is 5.57 Å². The summed E-state index contributed by atoms with van der Waals surface area (Å²) >= 11 is 0. The molecule has 3 aromatic carbocycles. The van der Waals surface area contributed by atoms with Gasteiger partial charge in [0.1, 0.15) is 0 Å². The van der Waals surface area contributed by atoms with Crippen LogP contribution in [0.2, 0.25) is 19.6 Å². The number of rotatable bonds is 3. The summed E-state index contributed by atoms with van der Waals surface area (Å²) < 4.78 is 0. The van der Waals surface area contributed by atoms with Crippen LogP contribution in [-0.4, -0.2) is 36.3 Å². The first-order valence-electron chi connectivity index (χ1n) is 13.3. The average Bonchev–Trinajstić information content (AvgIpc) is 3.20. The van der Waals surface area contributed by atoms with Gasteiger partial charge in [-0.25, -0.2) is 12.0 Å². The number of para-hydroxylation sites is 2. The fourth-order valence-electron chi connectivity index (χ4n) is 5.40. The Labute approximate surface area is 253 Å². The smallest absolute Gasteiger partial charge is 0.428 e. The van der Waals surface area contributed by atoms with E-state index in [2.05, 4.69) is 86.1 Å². The second-order valence-electron chi connectivity index (χ2n) is 11.5. The minimum Gasteiger partial charge on any atom is -0.428 e. The predicted octanol–water partition coefficient (Wildman–Crippen LogP) is 8.67. The molecule has 0 spiro atoms. The van der Waals surface area contributed by atoms with Crippen LogP contribution in [0.4, 0.5) is 11.4 Å². The maximum absolute atomic E-state index is 3.90. The Hall–Kier alpha value is -2.30. The molecule has 0 amide bonds. The van der Waals surface area contributed by atoms with Crippen molar-refractivity contribution in [3.63, 3.8) is 0 Å². The average molecular weight is 555 g/mol. The Morgan fingerprint density at radius 2 is 1.21 bits per heavy atom. The maximum Gasteiger partial charge on any atom is 3.00 e. The summed E-state index contributed by atoms with van der Waals surface area (Å²) in [4.78, 5) is 4.12. The van der Waals surface area contributed by atoms with Gasteiger partial charge in [-0.3, -0.25) is 0 Å². The van der Waals surface area contributed by atoms with Crippen LogP contribution in [-0.2, 0) is 25.8 Å². The molecule has 2 aliphatic rings. The first kappa shape index (κ1) is 31.9. The van der Waals surface area contributed by atoms with Crippen molar-refractivity contribution in [1.29, 1.82) is 0 Å². The van der Waals surface area contributed by atoms with E-state index in [0.29, 0.717) is 0 Å². The van der Waals surface area contributed by atoms with Crippen LogP contribution in [0.1, 0.15) is 47.1 Å². The summed E-state index contributed by atoms with van der Waals surface area (Å²) in [7, 11) is 6.90. The van der Waals surface area contributed by atoms with E-state index in [-0.39, 0.29) is 25.8 Å². The zero-order valence-electron chi connectivity index (χ0n) is 24.6. The number of hydrogen-bond acceptors (Lipinski definition) is 2. The molecule has 198 valence electrons. The van der Waals surface area contributed by atoms with E-state index in [0.717, 1.165) is 16.7 Å². The SMILES string of the molecule is C[Si](C)(C)C1C2=C(CCC[CH-]2)c2ccccc21.[CH2-]c1ccccc1N(C)C.[CH2-]c1ccccc1N(C)C.[Sc+3]. The molecule has 4 heteroatoms. The van der Waals surface area contributed by atoms with E-state index < -0.39 is 8.07 Å². The zero-order valence-corrected chi connectivity index (χ0v) is 27.4. The third-order valence-electron chi connectivity index (χ3n) is 7.06.